The lowest BCUT2D eigenvalue weighted by molar-refractivity contribution is 0.107. The maximum absolute atomic E-state index is 6.49. The third-order valence-electron chi connectivity index (χ3n) is 4.80. The molecule has 1 heteroatoms. The Kier molecular flexibility index (Phi) is 5.13. The summed E-state index contributed by atoms with van der Waals surface area (Å²) in [5, 5.41) is 0. The van der Waals surface area contributed by atoms with Crippen LogP contribution >= 0.6 is 0 Å². The highest BCUT2D eigenvalue weighted by atomic mass is 16.5. The Bertz CT molecular complexity index is 705. The van der Waals surface area contributed by atoms with Gasteiger partial charge in [-0.2, -0.15) is 0 Å². The Morgan fingerprint density at radius 1 is 0.750 bits per heavy atom. The largest absolute Gasteiger partial charge is 0.483 e. The maximum Gasteiger partial charge on any atom is 0.129 e. The van der Waals surface area contributed by atoms with Crippen LogP contribution in [0.25, 0.3) is 0 Å². The third-order valence-corrected chi connectivity index (χ3v) is 4.80. The van der Waals surface area contributed by atoms with Gasteiger partial charge in [0.25, 0.3) is 0 Å². The number of benzene rings is 2. The van der Waals surface area contributed by atoms with Crippen molar-refractivity contribution in [1.82, 2.24) is 0 Å². The first-order chi connectivity index (χ1) is 11.0. The van der Waals surface area contributed by atoms with Crippen molar-refractivity contribution in [2.45, 2.75) is 73.8 Å². The van der Waals surface area contributed by atoms with Crippen molar-refractivity contribution in [3.8, 4) is 5.75 Å². The molecule has 0 aliphatic carbocycles. The van der Waals surface area contributed by atoms with Gasteiger partial charge in [0.15, 0.2) is 0 Å². The lowest BCUT2D eigenvalue weighted by Crippen LogP contribution is -2.27. The molecule has 0 spiro atoms. The van der Waals surface area contributed by atoms with Crippen molar-refractivity contribution in [2.24, 2.45) is 0 Å². The Morgan fingerprint density at radius 3 is 1.62 bits per heavy atom. The Labute approximate surface area is 148 Å². The van der Waals surface area contributed by atoms with E-state index in [0.717, 1.165) is 5.75 Å². The zero-order chi connectivity index (χ0) is 18.2. The van der Waals surface area contributed by atoms with E-state index in [2.05, 4.69) is 86.6 Å². The molecule has 0 aromatic heterocycles. The lowest BCUT2D eigenvalue weighted by Gasteiger charge is -2.31. The van der Waals surface area contributed by atoms with Crippen LogP contribution in [0.4, 0.5) is 0 Å². The van der Waals surface area contributed by atoms with E-state index in [0.29, 0.717) is 5.92 Å². The first kappa shape index (κ1) is 18.6. The SMILES string of the molecule is Cc1cc(C)c(C(C)(C)Oc2cc(C)c(C(C)C)c(C)c2)c(C)c1. The van der Waals surface area contributed by atoms with Gasteiger partial charge in [-0.05, 0) is 94.3 Å². The molecule has 0 fully saturated rings. The molecule has 1 nitrogen and oxygen atoms in total. The van der Waals surface area contributed by atoms with E-state index in [9.17, 15) is 0 Å². The second-order valence-corrected chi connectivity index (χ2v) is 8.01. The first-order valence-corrected chi connectivity index (χ1v) is 8.91. The number of aryl methyl sites for hydroxylation is 5. The molecule has 0 bridgehead atoms. The van der Waals surface area contributed by atoms with Crippen LogP contribution in [0.15, 0.2) is 24.3 Å². The summed E-state index contributed by atoms with van der Waals surface area (Å²) < 4.78 is 6.49. The van der Waals surface area contributed by atoms with Gasteiger partial charge in [-0.1, -0.05) is 31.5 Å². The van der Waals surface area contributed by atoms with Gasteiger partial charge in [-0.25, -0.2) is 0 Å². The van der Waals surface area contributed by atoms with Crippen LogP contribution in [0.5, 0.6) is 5.75 Å². The van der Waals surface area contributed by atoms with Gasteiger partial charge >= 0.3 is 0 Å². The van der Waals surface area contributed by atoms with E-state index >= 15 is 0 Å². The van der Waals surface area contributed by atoms with E-state index in [1.54, 1.807) is 0 Å². The second kappa shape index (κ2) is 6.63. The summed E-state index contributed by atoms with van der Waals surface area (Å²) in [6.07, 6.45) is 0. The molecule has 24 heavy (non-hydrogen) atoms. The molecule has 2 aromatic carbocycles. The summed E-state index contributed by atoms with van der Waals surface area (Å²) in [6.45, 7) is 19.7. The normalized spacial score (nSPS) is 11.9. The number of ether oxygens (including phenoxy) is 1. The molecule has 130 valence electrons. The Hall–Kier alpha value is -1.76. The maximum atomic E-state index is 6.49. The standard InChI is InChI=1S/C23H32O/c1-14(2)21-16(4)12-20(13-17(21)5)24-23(8,9)22-18(6)10-15(3)11-19(22)7/h10-14H,1-9H3. The third kappa shape index (κ3) is 3.66. The average molecular weight is 325 g/mol. The first-order valence-electron chi connectivity index (χ1n) is 8.91. The molecule has 0 aliphatic heterocycles. The molecular weight excluding hydrogens is 292 g/mol. The van der Waals surface area contributed by atoms with Gasteiger partial charge in [0.2, 0.25) is 0 Å². The minimum absolute atomic E-state index is 0.361. The zero-order valence-electron chi connectivity index (χ0n) is 16.8. The summed E-state index contributed by atoms with van der Waals surface area (Å²) in [7, 11) is 0. The predicted molar refractivity (Wildman–Crippen MR) is 104 cm³/mol. The summed E-state index contributed by atoms with van der Waals surface area (Å²) >= 11 is 0. The average Bonchev–Trinajstić information content (AvgIpc) is 2.33. The summed E-state index contributed by atoms with van der Waals surface area (Å²) in [4.78, 5) is 0. The van der Waals surface area contributed by atoms with E-state index in [1.807, 2.05) is 0 Å². The smallest absolute Gasteiger partial charge is 0.129 e. The fourth-order valence-corrected chi connectivity index (χ4v) is 4.38. The highest BCUT2D eigenvalue weighted by molar-refractivity contribution is 5.45. The molecule has 0 saturated carbocycles. The number of hydrogen-bond acceptors (Lipinski definition) is 1. The van der Waals surface area contributed by atoms with Crippen LogP contribution in [-0.4, -0.2) is 0 Å². The summed E-state index contributed by atoms with van der Waals surface area (Å²) in [5.41, 5.74) is 8.88. The van der Waals surface area contributed by atoms with Crippen molar-refractivity contribution in [2.75, 3.05) is 0 Å². The van der Waals surface area contributed by atoms with Gasteiger partial charge in [0, 0.05) is 5.56 Å². The van der Waals surface area contributed by atoms with Crippen LogP contribution in [-0.2, 0) is 5.60 Å². The van der Waals surface area contributed by atoms with Crippen molar-refractivity contribution in [3.63, 3.8) is 0 Å². The molecule has 2 rings (SSSR count). The predicted octanol–water partition coefficient (Wildman–Crippen LogP) is 6.67. The molecule has 0 amide bonds. The molecule has 0 unspecified atom stereocenters. The highest BCUT2D eigenvalue weighted by Crippen LogP contribution is 2.35. The molecule has 2 aromatic rings. The number of hydrogen-bond donors (Lipinski definition) is 0. The van der Waals surface area contributed by atoms with Crippen LogP contribution < -0.4 is 4.74 Å². The van der Waals surface area contributed by atoms with Crippen LogP contribution in [0.3, 0.4) is 0 Å². The summed E-state index contributed by atoms with van der Waals surface area (Å²) in [6, 6.07) is 8.85. The molecule has 0 atom stereocenters. The van der Waals surface area contributed by atoms with Gasteiger partial charge in [0.1, 0.15) is 11.4 Å². The fraction of sp³-hybridized carbons (Fsp3) is 0.478. The summed E-state index contributed by atoms with van der Waals surface area (Å²) in [5.74, 6) is 1.49. The van der Waals surface area contributed by atoms with Crippen LogP contribution in [0, 0.1) is 34.6 Å². The van der Waals surface area contributed by atoms with Crippen molar-refractivity contribution >= 4 is 0 Å². The minimum Gasteiger partial charge on any atom is -0.483 e. The van der Waals surface area contributed by atoms with Crippen molar-refractivity contribution in [1.29, 1.82) is 0 Å². The van der Waals surface area contributed by atoms with Gasteiger partial charge in [0.05, 0.1) is 0 Å². The zero-order valence-corrected chi connectivity index (χ0v) is 16.8. The van der Waals surface area contributed by atoms with E-state index in [4.69, 9.17) is 4.74 Å². The van der Waals surface area contributed by atoms with Crippen LogP contribution in [0.2, 0.25) is 0 Å². The Morgan fingerprint density at radius 2 is 1.21 bits per heavy atom. The highest BCUT2D eigenvalue weighted by Gasteiger charge is 2.27. The molecule has 0 radical (unpaired) electrons. The van der Waals surface area contributed by atoms with E-state index in [1.165, 1.54) is 38.9 Å². The van der Waals surface area contributed by atoms with Gasteiger partial charge < -0.3 is 4.74 Å². The fourth-order valence-electron chi connectivity index (χ4n) is 4.38. The molecule has 0 N–H and O–H groups in total. The lowest BCUT2D eigenvalue weighted by atomic mass is 9.88. The quantitative estimate of drug-likeness (QED) is 0.610. The van der Waals surface area contributed by atoms with E-state index < -0.39 is 0 Å². The van der Waals surface area contributed by atoms with Gasteiger partial charge in [-0.15, -0.1) is 0 Å². The molecule has 0 aliphatic rings. The monoisotopic (exact) mass is 324 g/mol. The van der Waals surface area contributed by atoms with Crippen LogP contribution in [0.1, 0.15) is 72.6 Å². The molecular formula is C23H32O. The van der Waals surface area contributed by atoms with Gasteiger partial charge in [-0.3, -0.25) is 0 Å². The van der Waals surface area contributed by atoms with Crippen molar-refractivity contribution in [3.05, 3.63) is 63.2 Å². The minimum atomic E-state index is -0.361. The molecule has 0 saturated heterocycles. The number of rotatable bonds is 4. The Balaban J connectivity index is 2.44. The molecule has 0 heterocycles. The van der Waals surface area contributed by atoms with Crippen molar-refractivity contribution < 1.29 is 4.74 Å². The second-order valence-electron chi connectivity index (χ2n) is 8.01. The van der Waals surface area contributed by atoms with E-state index in [-0.39, 0.29) is 5.60 Å². The topological polar surface area (TPSA) is 9.23 Å².